The first-order chi connectivity index (χ1) is 8.54. The van der Waals surface area contributed by atoms with Crippen LogP contribution in [0.15, 0.2) is 6.33 Å². The Morgan fingerprint density at radius 2 is 2.00 bits per heavy atom. The molecule has 0 bridgehead atoms. The molecule has 1 heterocycles. The summed E-state index contributed by atoms with van der Waals surface area (Å²) < 4.78 is 5.20. The SMILES string of the molecule is COc1c(Cl)ncnc1NC(C)CCCC(C)C. The fourth-order valence-electron chi connectivity index (χ4n) is 1.77. The summed E-state index contributed by atoms with van der Waals surface area (Å²) in [7, 11) is 1.57. The van der Waals surface area contributed by atoms with Crippen LogP contribution >= 0.6 is 11.6 Å². The van der Waals surface area contributed by atoms with Crippen LogP contribution in [0.1, 0.15) is 40.0 Å². The molecule has 1 aromatic heterocycles. The van der Waals surface area contributed by atoms with Gasteiger partial charge in [-0.1, -0.05) is 38.3 Å². The van der Waals surface area contributed by atoms with Gasteiger partial charge in [0.25, 0.3) is 0 Å². The summed E-state index contributed by atoms with van der Waals surface area (Å²) in [6.45, 7) is 6.62. The van der Waals surface area contributed by atoms with Gasteiger partial charge in [-0.15, -0.1) is 0 Å². The highest BCUT2D eigenvalue weighted by atomic mass is 35.5. The van der Waals surface area contributed by atoms with Crippen LogP contribution in [0.25, 0.3) is 0 Å². The van der Waals surface area contributed by atoms with E-state index in [0.29, 0.717) is 22.8 Å². The van der Waals surface area contributed by atoms with Crippen molar-refractivity contribution in [1.29, 1.82) is 0 Å². The molecule has 102 valence electrons. The summed E-state index contributed by atoms with van der Waals surface area (Å²) in [5, 5.41) is 3.65. The normalized spacial score (nSPS) is 12.6. The van der Waals surface area contributed by atoms with Gasteiger partial charge in [0, 0.05) is 6.04 Å². The minimum atomic E-state index is 0.337. The second-order valence-corrected chi connectivity index (χ2v) is 5.27. The van der Waals surface area contributed by atoms with Gasteiger partial charge in [-0.25, -0.2) is 9.97 Å². The highest BCUT2D eigenvalue weighted by Crippen LogP contribution is 2.29. The Hall–Kier alpha value is -1.03. The largest absolute Gasteiger partial charge is 0.490 e. The number of ether oxygens (including phenoxy) is 1. The van der Waals surface area contributed by atoms with Crippen LogP contribution in [0.5, 0.6) is 5.75 Å². The first-order valence-corrected chi connectivity index (χ1v) is 6.73. The predicted octanol–water partition coefficient (Wildman–Crippen LogP) is 3.77. The van der Waals surface area contributed by atoms with Gasteiger partial charge in [0.05, 0.1) is 7.11 Å². The Kier molecular flexibility index (Phi) is 6.19. The van der Waals surface area contributed by atoms with Crippen molar-refractivity contribution in [3.05, 3.63) is 11.5 Å². The van der Waals surface area contributed by atoms with E-state index >= 15 is 0 Å². The molecule has 0 aromatic carbocycles. The van der Waals surface area contributed by atoms with E-state index in [2.05, 4.69) is 36.1 Å². The Morgan fingerprint density at radius 3 is 2.61 bits per heavy atom. The van der Waals surface area contributed by atoms with E-state index in [4.69, 9.17) is 16.3 Å². The molecule has 0 saturated carbocycles. The number of rotatable bonds is 7. The lowest BCUT2D eigenvalue weighted by Gasteiger charge is -2.17. The van der Waals surface area contributed by atoms with Crippen molar-refractivity contribution >= 4 is 17.4 Å². The number of hydrogen-bond donors (Lipinski definition) is 1. The molecule has 0 aliphatic rings. The number of halogens is 1. The molecule has 0 fully saturated rings. The van der Waals surface area contributed by atoms with Crippen molar-refractivity contribution in [2.75, 3.05) is 12.4 Å². The van der Waals surface area contributed by atoms with Gasteiger partial charge in [-0.2, -0.15) is 0 Å². The number of aromatic nitrogens is 2. The standard InChI is InChI=1S/C13H22ClN3O/c1-9(2)6-5-7-10(3)17-13-11(18-4)12(14)15-8-16-13/h8-10H,5-7H2,1-4H3,(H,15,16,17). The minimum absolute atomic E-state index is 0.337. The van der Waals surface area contributed by atoms with Crippen molar-refractivity contribution in [3.8, 4) is 5.75 Å². The monoisotopic (exact) mass is 271 g/mol. The average Bonchev–Trinajstić information content (AvgIpc) is 2.28. The molecule has 18 heavy (non-hydrogen) atoms. The van der Waals surface area contributed by atoms with Gasteiger partial charge < -0.3 is 10.1 Å². The highest BCUT2D eigenvalue weighted by Gasteiger charge is 2.12. The van der Waals surface area contributed by atoms with Gasteiger partial charge in [0.2, 0.25) is 0 Å². The first kappa shape index (κ1) is 15.0. The van der Waals surface area contributed by atoms with E-state index in [1.807, 2.05) is 0 Å². The van der Waals surface area contributed by atoms with Gasteiger partial charge in [0.15, 0.2) is 16.7 Å². The van der Waals surface area contributed by atoms with Crippen molar-refractivity contribution in [2.45, 2.75) is 46.1 Å². The van der Waals surface area contributed by atoms with Gasteiger partial charge in [0.1, 0.15) is 6.33 Å². The lowest BCUT2D eigenvalue weighted by atomic mass is 10.0. The van der Waals surface area contributed by atoms with Crippen molar-refractivity contribution < 1.29 is 4.74 Å². The fraction of sp³-hybridized carbons (Fsp3) is 0.692. The zero-order valence-corrected chi connectivity index (χ0v) is 12.3. The van der Waals surface area contributed by atoms with Crippen LogP contribution in [0.4, 0.5) is 5.82 Å². The van der Waals surface area contributed by atoms with Crippen LogP contribution in [0, 0.1) is 5.92 Å². The molecule has 1 atom stereocenters. The number of anilines is 1. The van der Waals surface area contributed by atoms with Crippen LogP contribution in [-0.4, -0.2) is 23.1 Å². The molecule has 4 nitrogen and oxygen atoms in total. The molecule has 0 spiro atoms. The molecular formula is C13H22ClN3O. The molecule has 5 heteroatoms. The molecule has 0 amide bonds. The minimum Gasteiger partial charge on any atom is -0.490 e. The lowest BCUT2D eigenvalue weighted by Crippen LogP contribution is -2.17. The van der Waals surface area contributed by atoms with E-state index in [9.17, 15) is 0 Å². The molecule has 0 aliphatic carbocycles. The van der Waals surface area contributed by atoms with E-state index in [1.165, 1.54) is 19.2 Å². The number of methoxy groups -OCH3 is 1. The van der Waals surface area contributed by atoms with E-state index < -0.39 is 0 Å². The van der Waals surface area contributed by atoms with E-state index in [1.54, 1.807) is 7.11 Å². The fourth-order valence-corrected chi connectivity index (χ4v) is 1.98. The summed E-state index contributed by atoms with van der Waals surface area (Å²) in [5.41, 5.74) is 0. The van der Waals surface area contributed by atoms with E-state index in [-0.39, 0.29) is 0 Å². The summed E-state index contributed by atoms with van der Waals surface area (Å²) >= 11 is 5.94. The summed E-state index contributed by atoms with van der Waals surface area (Å²) in [4.78, 5) is 8.05. The second kappa shape index (κ2) is 7.41. The van der Waals surface area contributed by atoms with E-state index in [0.717, 1.165) is 12.3 Å². The summed E-state index contributed by atoms with van der Waals surface area (Å²) in [6, 6.07) is 0.337. The van der Waals surface area contributed by atoms with Crippen LogP contribution < -0.4 is 10.1 Å². The molecular weight excluding hydrogens is 250 g/mol. The number of hydrogen-bond acceptors (Lipinski definition) is 4. The van der Waals surface area contributed by atoms with Crippen LogP contribution in [-0.2, 0) is 0 Å². The maximum absolute atomic E-state index is 5.94. The third-order valence-electron chi connectivity index (χ3n) is 2.77. The van der Waals surface area contributed by atoms with Crippen molar-refractivity contribution in [1.82, 2.24) is 9.97 Å². The first-order valence-electron chi connectivity index (χ1n) is 6.35. The zero-order valence-electron chi connectivity index (χ0n) is 11.5. The van der Waals surface area contributed by atoms with Crippen molar-refractivity contribution in [2.24, 2.45) is 5.92 Å². The third-order valence-corrected chi connectivity index (χ3v) is 3.04. The summed E-state index contributed by atoms with van der Waals surface area (Å²) in [6.07, 6.45) is 4.98. The Balaban J connectivity index is 2.53. The van der Waals surface area contributed by atoms with Gasteiger partial charge in [-0.3, -0.25) is 0 Å². The van der Waals surface area contributed by atoms with Crippen LogP contribution in [0.3, 0.4) is 0 Å². The lowest BCUT2D eigenvalue weighted by molar-refractivity contribution is 0.412. The number of nitrogens with one attached hydrogen (secondary N) is 1. The molecule has 1 N–H and O–H groups in total. The summed E-state index contributed by atoms with van der Waals surface area (Å²) in [5.74, 6) is 1.92. The Morgan fingerprint density at radius 1 is 1.28 bits per heavy atom. The molecule has 1 rings (SSSR count). The van der Waals surface area contributed by atoms with Gasteiger partial charge in [-0.05, 0) is 19.3 Å². The van der Waals surface area contributed by atoms with Crippen molar-refractivity contribution in [3.63, 3.8) is 0 Å². The van der Waals surface area contributed by atoms with Gasteiger partial charge >= 0.3 is 0 Å². The second-order valence-electron chi connectivity index (χ2n) is 4.92. The molecule has 0 radical (unpaired) electrons. The predicted molar refractivity (Wildman–Crippen MR) is 75.4 cm³/mol. The quantitative estimate of drug-likeness (QED) is 0.767. The zero-order chi connectivity index (χ0) is 13.5. The molecule has 1 unspecified atom stereocenters. The Bertz CT molecular complexity index is 371. The maximum atomic E-state index is 5.94. The molecule has 0 aliphatic heterocycles. The average molecular weight is 272 g/mol. The van der Waals surface area contributed by atoms with Crippen LogP contribution in [0.2, 0.25) is 5.15 Å². The highest BCUT2D eigenvalue weighted by molar-refractivity contribution is 6.31. The molecule has 0 saturated heterocycles. The maximum Gasteiger partial charge on any atom is 0.198 e. The molecule has 1 aromatic rings. The number of nitrogens with zero attached hydrogens (tertiary/aromatic N) is 2. The topological polar surface area (TPSA) is 47.0 Å². The Labute approximate surface area is 114 Å². The smallest absolute Gasteiger partial charge is 0.198 e. The third kappa shape index (κ3) is 4.69.